The molecule has 0 unspecified atom stereocenters. The minimum Gasteiger partial charge on any atom is -0.337 e. The molecule has 1 aromatic carbocycles. The first-order valence-corrected chi connectivity index (χ1v) is 11.2. The van der Waals surface area contributed by atoms with Crippen molar-refractivity contribution in [2.75, 3.05) is 26.2 Å². The first-order chi connectivity index (χ1) is 15.1. The van der Waals surface area contributed by atoms with E-state index in [-0.39, 0.29) is 17.7 Å². The Kier molecular flexibility index (Phi) is 6.32. The maximum Gasteiger partial charge on any atom is 0.272 e. The standard InChI is InChI=1S/C24H26N4O2S/c1-3-12-27-13-14-28(24(30)21-10-11-25-26(21)2)17-20(23(27)29)16-18-6-8-19(9-7-18)22-5-4-15-31-22/h3-11,15,20H,1,12-14,16-17H2,2H3/t20-/m0/s1. The average molecular weight is 435 g/mol. The lowest BCUT2D eigenvalue weighted by Gasteiger charge is -2.23. The number of hydrogen-bond donors (Lipinski definition) is 0. The Bertz CT molecular complexity index is 1060. The van der Waals surface area contributed by atoms with Crippen LogP contribution in [-0.2, 0) is 18.3 Å². The summed E-state index contributed by atoms with van der Waals surface area (Å²) in [5, 5.41) is 6.18. The minimum atomic E-state index is -0.299. The molecule has 1 atom stereocenters. The maximum atomic E-state index is 13.2. The fourth-order valence-electron chi connectivity index (χ4n) is 4.00. The highest BCUT2D eigenvalue weighted by Gasteiger charge is 2.32. The molecule has 0 spiro atoms. The molecule has 0 radical (unpaired) electrons. The van der Waals surface area contributed by atoms with Crippen LogP contribution in [0.25, 0.3) is 10.4 Å². The van der Waals surface area contributed by atoms with Crippen LogP contribution in [0.1, 0.15) is 16.1 Å². The molecule has 31 heavy (non-hydrogen) atoms. The van der Waals surface area contributed by atoms with Gasteiger partial charge in [0, 0.05) is 44.3 Å². The highest BCUT2D eigenvalue weighted by Crippen LogP contribution is 2.26. The van der Waals surface area contributed by atoms with Gasteiger partial charge in [0.25, 0.3) is 5.91 Å². The molecule has 160 valence electrons. The van der Waals surface area contributed by atoms with E-state index in [1.165, 1.54) is 10.4 Å². The van der Waals surface area contributed by atoms with Crippen molar-refractivity contribution in [3.8, 4) is 10.4 Å². The van der Waals surface area contributed by atoms with Gasteiger partial charge in [-0.2, -0.15) is 5.10 Å². The quantitative estimate of drug-likeness (QED) is 0.558. The molecule has 0 saturated carbocycles. The van der Waals surface area contributed by atoms with Gasteiger partial charge >= 0.3 is 0 Å². The van der Waals surface area contributed by atoms with E-state index in [4.69, 9.17) is 0 Å². The smallest absolute Gasteiger partial charge is 0.272 e. The molecule has 0 bridgehead atoms. The minimum absolute atomic E-state index is 0.0718. The van der Waals surface area contributed by atoms with E-state index >= 15 is 0 Å². The van der Waals surface area contributed by atoms with Crippen LogP contribution < -0.4 is 0 Å². The van der Waals surface area contributed by atoms with E-state index < -0.39 is 0 Å². The van der Waals surface area contributed by atoms with Gasteiger partial charge in [-0.05, 0) is 35.1 Å². The fourth-order valence-corrected chi connectivity index (χ4v) is 4.73. The normalized spacial score (nSPS) is 16.9. The fraction of sp³-hybridized carbons (Fsp3) is 0.292. The van der Waals surface area contributed by atoms with Crippen molar-refractivity contribution in [2.45, 2.75) is 6.42 Å². The number of carbonyl (C=O) groups is 2. The third-order valence-corrected chi connectivity index (χ3v) is 6.58. The van der Waals surface area contributed by atoms with Crippen LogP contribution in [0.3, 0.4) is 0 Å². The molecule has 1 saturated heterocycles. The highest BCUT2D eigenvalue weighted by atomic mass is 32.1. The van der Waals surface area contributed by atoms with Gasteiger partial charge in [-0.3, -0.25) is 14.3 Å². The number of rotatable bonds is 6. The number of thiophene rings is 1. The van der Waals surface area contributed by atoms with Crippen LogP contribution in [0.2, 0.25) is 0 Å². The second-order valence-corrected chi connectivity index (χ2v) is 8.69. The number of aryl methyl sites for hydroxylation is 1. The molecular weight excluding hydrogens is 408 g/mol. The van der Waals surface area contributed by atoms with Gasteiger partial charge in [0.2, 0.25) is 5.91 Å². The molecular formula is C24H26N4O2S. The number of nitrogens with zero attached hydrogens (tertiary/aromatic N) is 4. The summed E-state index contributed by atoms with van der Waals surface area (Å²) in [7, 11) is 1.76. The monoisotopic (exact) mass is 434 g/mol. The van der Waals surface area contributed by atoms with E-state index in [9.17, 15) is 9.59 Å². The third-order valence-electron chi connectivity index (χ3n) is 5.66. The van der Waals surface area contributed by atoms with Gasteiger partial charge in [-0.1, -0.05) is 36.4 Å². The second kappa shape index (κ2) is 9.31. The predicted molar refractivity (Wildman–Crippen MR) is 123 cm³/mol. The summed E-state index contributed by atoms with van der Waals surface area (Å²) in [6.45, 7) is 5.66. The van der Waals surface area contributed by atoms with Crippen molar-refractivity contribution >= 4 is 23.2 Å². The van der Waals surface area contributed by atoms with Crippen LogP contribution in [0.4, 0.5) is 0 Å². The summed E-state index contributed by atoms with van der Waals surface area (Å²) in [5.41, 5.74) is 2.79. The number of carbonyl (C=O) groups excluding carboxylic acids is 2. The zero-order valence-corrected chi connectivity index (χ0v) is 18.4. The topological polar surface area (TPSA) is 58.4 Å². The van der Waals surface area contributed by atoms with Crippen molar-refractivity contribution in [1.82, 2.24) is 19.6 Å². The molecule has 2 aromatic heterocycles. The maximum absolute atomic E-state index is 13.2. The molecule has 1 aliphatic rings. The molecule has 1 fully saturated rings. The summed E-state index contributed by atoms with van der Waals surface area (Å²) in [6, 6.07) is 14.2. The third kappa shape index (κ3) is 4.61. The van der Waals surface area contributed by atoms with Gasteiger partial charge in [-0.15, -0.1) is 17.9 Å². The zero-order chi connectivity index (χ0) is 21.8. The number of benzene rings is 1. The van der Waals surface area contributed by atoms with Crippen LogP contribution in [0.15, 0.2) is 66.7 Å². The van der Waals surface area contributed by atoms with Crippen molar-refractivity contribution in [3.63, 3.8) is 0 Å². The molecule has 0 N–H and O–H groups in total. The predicted octanol–water partition coefficient (Wildman–Crippen LogP) is 3.48. The van der Waals surface area contributed by atoms with Crippen molar-refractivity contribution in [1.29, 1.82) is 0 Å². The van der Waals surface area contributed by atoms with E-state index in [0.29, 0.717) is 38.3 Å². The molecule has 3 heterocycles. The largest absolute Gasteiger partial charge is 0.337 e. The Hall–Kier alpha value is -3.19. The Balaban J connectivity index is 1.55. The molecule has 6 nitrogen and oxygen atoms in total. The summed E-state index contributed by atoms with van der Waals surface area (Å²) >= 11 is 1.71. The van der Waals surface area contributed by atoms with E-state index in [1.807, 2.05) is 6.07 Å². The molecule has 0 aliphatic carbocycles. The summed E-state index contributed by atoms with van der Waals surface area (Å²) < 4.78 is 1.58. The van der Waals surface area contributed by atoms with E-state index in [0.717, 1.165) is 5.56 Å². The lowest BCUT2D eigenvalue weighted by molar-refractivity contribution is -0.134. The highest BCUT2D eigenvalue weighted by molar-refractivity contribution is 7.13. The average Bonchev–Trinajstić information content (AvgIpc) is 3.43. The lowest BCUT2D eigenvalue weighted by atomic mass is 9.96. The molecule has 4 rings (SSSR count). The summed E-state index contributed by atoms with van der Waals surface area (Å²) in [4.78, 5) is 31.1. The van der Waals surface area contributed by atoms with Gasteiger partial charge in [-0.25, -0.2) is 0 Å². The van der Waals surface area contributed by atoms with Crippen LogP contribution in [0, 0.1) is 5.92 Å². The Morgan fingerprint density at radius 3 is 2.68 bits per heavy atom. The van der Waals surface area contributed by atoms with Crippen LogP contribution in [-0.4, -0.2) is 57.6 Å². The van der Waals surface area contributed by atoms with Crippen LogP contribution in [0.5, 0.6) is 0 Å². The van der Waals surface area contributed by atoms with Crippen molar-refractivity contribution < 1.29 is 9.59 Å². The second-order valence-electron chi connectivity index (χ2n) is 7.74. The SMILES string of the molecule is C=CCN1CCN(C(=O)c2ccnn2C)C[C@H](Cc2ccc(-c3cccs3)cc2)C1=O. The number of aromatic nitrogens is 2. The molecule has 2 amide bonds. The molecule has 1 aliphatic heterocycles. The van der Waals surface area contributed by atoms with Crippen LogP contribution >= 0.6 is 11.3 Å². The van der Waals surface area contributed by atoms with Gasteiger partial charge in [0.15, 0.2) is 0 Å². The van der Waals surface area contributed by atoms with E-state index in [1.54, 1.807) is 51.2 Å². The Labute approximate surface area is 186 Å². The molecule has 7 heteroatoms. The van der Waals surface area contributed by atoms with E-state index in [2.05, 4.69) is 47.4 Å². The summed E-state index contributed by atoms with van der Waals surface area (Å²) in [6.07, 6.45) is 3.95. The van der Waals surface area contributed by atoms with Gasteiger partial charge in [0.05, 0.1) is 5.92 Å². The number of hydrogen-bond acceptors (Lipinski definition) is 4. The Morgan fingerprint density at radius 1 is 1.23 bits per heavy atom. The summed E-state index contributed by atoms with van der Waals surface area (Å²) in [5.74, 6) is -0.318. The van der Waals surface area contributed by atoms with Gasteiger partial charge in [0.1, 0.15) is 5.69 Å². The zero-order valence-electron chi connectivity index (χ0n) is 17.6. The van der Waals surface area contributed by atoms with Crippen molar-refractivity contribution in [3.05, 3.63) is 78.0 Å². The first kappa shape index (κ1) is 21.1. The molecule has 3 aromatic rings. The number of amides is 2. The Morgan fingerprint density at radius 2 is 2.03 bits per heavy atom. The lowest BCUT2D eigenvalue weighted by Crippen LogP contribution is -2.38. The van der Waals surface area contributed by atoms with Gasteiger partial charge < -0.3 is 9.80 Å². The first-order valence-electron chi connectivity index (χ1n) is 10.4. The van der Waals surface area contributed by atoms with Crippen molar-refractivity contribution in [2.24, 2.45) is 13.0 Å².